The molecule has 0 aliphatic carbocycles. The van der Waals surface area contributed by atoms with Gasteiger partial charge in [0.1, 0.15) is 10.8 Å². The van der Waals surface area contributed by atoms with Gasteiger partial charge in [-0.25, -0.2) is 13.8 Å². The second kappa shape index (κ2) is 4.66. The maximum Gasteiger partial charge on any atom is 0.266 e. The highest BCUT2D eigenvalue weighted by Gasteiger charge is 2.16. The van der Waals surface area contributed by atoms with Gasteiger partial charge in [0.2, 0.25) is 0 Å². The minimum Gasteiger partial charge on any atom is -0.296 e. The van der Waals surface area contributed by atoms with Gasteiger partial charge in [-0.2, -0.15) is 0 Å². The van der Waals surface area contributed by atoms with Gasteiger partial charge in [0.15, 0.2) is 6.29 Å². The van der Waals surface area contributed by atoms with Crippen molar-refractivity contribution in [2.75, 3.05) is 0 Å². The van der Waals surface area contributed by atoms with Crippen molar-refractivity contribution < 1.29 is 13.6 Å². The predicted octanol–water partition coefficient (Wildman–Crippen LogP) is 3.22. The molecule has 2 nitrogen and oxygen atoms in total. The summed E-state index contributed by atoms with van der Waals surface area (Å²) in [5.41, 5.74) is -0.506. The van der Waals surface area contributed by atoms with Crippen molar-refractivity contribution in [3.05, 3.63) is 28.0 Å². The fourth-order valence-electron chi connectivity index (χ4n) is 0.926. The third-order valence-corrected chi connectivity index (χ3v) is 2.21. The summed E-state index contributed by atoms with van der Waals surface area (Å²) in [4.78, 5) is 13.9. The maximum atomic E-state index is 12.4. The first-order chi connectivity index (χ1) is 6.60. The Labute approximate surface area is 88.8 Å². The quantitative estimate of drug-likeness (QED) is 0.461. The number of rotatable bonds is 3. The first-order valence-electron chi connectivity index (χ1n) is 3.58. The summed E-state index contributed by atoms with van der Waals surface area (Å²) in [6, 6.07) is 1.09. The van der Waals surface area contributed by atoms with Crippen LogP contribution in [-0.4, -0.2) is 11.3 Å². The molecule has 1 heterocycles. The second-order valence-corrected chi connectivity index (χ2v) is 3.09. The van der Waals surface area contributed by atoms with Crippen LogP contribution >= 0.6 is 23.2 Å². The largest absolute Gasteiger partial charge is 0.296 e. The van der Waals surface area contributed by atoms with E-state index in [0.29, 0.717) is 0 Å². The number of carbonyl (C=O) groups excluding carboxylic acids is 1. The summed E-state index contributed by atoms with van der Waals surface area (Å²) in [5, 5.41) is -0.0218. The van der Waals surface area contributed by atoms with Crippen LogP contribution in [0.25, 0.3) is 0 Å². The van der Waals surface area contributed by atoms with Gasteiger partial charge in [-0.05, 0) is 6.07 Å². The van der Waals surface area contributed by atoms with Crippen molar-refractivity contribution in [3.63, 3.8) is 0 Å². The van der Waals surface area contributed by atoms with E-state index in [1.54, 1.807) is 0 Å². The number of hydrogen-bond acceptors (Lipinski definition) is 2. The van der Waals surface area contributed by atoms with Crippen molar-refractivity contribution in [2.24, 2.45) is 0 Å². The molecule has 0 spiro atoms. The zero-order valence-electron chi connectivity index (χ0n) is 6.81. The van der Waals surface area contributed by atoms with Crippen LogP contribution in [-0.2, 0) is 5.88 Å². The van der Waals surface area contributed by atoms with E-state index in [2.05, 4.69) is 4.98 Å². The van der Waals surface area contributed by atoms with Crippen molar-refractivity contribution in [1.29, 1.82) is 0 Å². The van der Waals surface area contributed by atoms with E-state index in [1.165, 1.54) is 0 Å². The van der Waals surface area contributed by atoms with E-state index in [0.717, 1.165) is 6.07 Å². The number of aldehydes is 1. The topological polar surface area (TPSA) is 30.0 Å². The number of hydrogen-bond donors (Lipinski definition) is 0. The molecule has 0 radical (unpaired) electrons. The van der Waals surface area contributed by atoms with Gasteiger partial charge < -0.3 is 0 Å². The second-order valence-electron chi connectivity index (χ2n) is 2.46. The standard InChI is InChI=1S/C8H5Cl2F2NO/c9-2-4-1-5(8(11)12)6(3-14)13-7(4)10/h1,3,8H,2H2. The highest BCUT2D eigenvalue weighted by Crippen LogP contribution is 2.26. The van der Waals surface area contributed by atoms with E-state index in [-0.39, 0.29) is 28.6 Å². The molecule has 0 saturated carbocycles. The van der Waals surface area contributed by atoms with E-state index in [1.807, 2.05) is 0 Å². The van der Waals surface area contributed by atoms with Crippen molar-refractivity contribution in [3.8, 4) is 0 Å². The van der Waals surface area contributed by atoms with Crippen LogP contribution < -0.4 is 0 Å². The highest BCUT2D eigenvalue weighted by molar-refractivity contribution is 6.31. The Morgan fingerprint density at radius 3 is 2.64 bits per heavy atom. The number of nitrogens with zero attached hydrogens (tertiary/aromatic N) is 1. The van der Waals surface area contributed by atoms with E-state index in [4.69, 9.17) is 23.2 Å². The van der Waals surface area contributed by atoms with Gasteiger partial charge in [0.05, 0.1) is 5.88 Å². The smallest absolute Gasteiger partial charge is 0.266 e. The monoisotopic (exact) mass is 239 g/mol. The molecule has 1 rings (SSSR count). The molecule has 1 aromatic rings. The lowest BCUT2D eigenvalue weighted by atomic mass is 10.1. The molecular formula is C8H5Cl2F2NO. The molecule has 0 fully saturated rings. The first-order valence-corrected chi connectivity index (χ1v) is 4.50. The molecule has 0 unspecified atom stereocenters. The molecule has 0 atom stereocenters. The lowest BCUT2D eigenvalue weighted by molar-refractivity contribution is 0.110. The van der Waals surface area contributed by atoms with Crippen LogP contribution in [0.3, 0.4) is 0 Å². The Hall–Kier alpha value is -0.740. The molecule has 0 amide bonds. The van der Waals surface area contributed by atoms with E-state index in [9.17, 15) is 13.6 Å². The summed E-state index contributed by atoms with van der Waals surface area (Å²) < 4.78 is 24.8. The van der Waals surface area contributed by atoms with Crippen LogP contribution in [0.15, 0.2) is 6.07 Å². The van der Waals surface area contributed by atoms with Crippen molar-refractivity contribution in [2.45, 2.75) is 12.3 Å². The van der Waals surface area contributed by atoms with Gasteiger partial charge in [-0.1, -0.05) is 11.6 Å². The van der Waals surface area contributed by atoms with Gasteiger partial charge >= 0.3 is 0 Å². The molecule has 0 saturated heterocycles. The van der Waals surface area contributed by atoms with Gasteiger partial charge in [-0.3, -0.25) is 4.79 Å². The van der Waals surface area contributed by atoms with Crippen LogP contribution in [0.1, 0.15) is 28.0 Å². The van der Waals surface area contributed by atoms with Gasteiger partial charge in [-0.15, -0.1) is 11.6 Å². The molecule has 14 heavy (non-hydrogen) atoms. The minimum atomic E-state index is -2.76. The van der Waals surface area contributed by atoms with Crippen LogP contribution in [0.4, 0.5) is 8.78 Å². The molecule has 0 aromatic carbocycles. The Balaban J connectivity index is 3.32. The van der Waals surface area contributed by atoms with Crippen LogP contribution in [0.2, 0.25) is 5.15 Å². The molecule has 0 aliphatic heterocycles. The Bertz CT molecular complexity index is 357. The van der Waals surface area contributed by atoms with Crippen LogP contribution in [0.5, 0.6) is 0 Å². The van der Waals surface area contributed by atoms with Crippen molar-refractivity contribution >= 4 is 29.5 Å². The Morgan fingerprint density at radius 1 is 1.57 bits per heavy atom. The normalized spacial score (nSPS) is 10.6. The van der Waals surface area contributed by atoms with Crippen molar-refractivity contribution in [1.82, 2.24) is 4.98 Å². The SMILES string of the molecule is O=Cc1nc(Cl)c(CCl)cc1C(F)F. The molecule has 1 aromatic heterocycles. The summed E-state index contributed by atoms with van der Waals surface area (Å²) >= 11 is 11.0. The zero-order valence-corrected chi connectivity index (χ0v) is 8.32. The van der Waals surface area contributed by atoms with Gasteiger partial charge in [0, 0.05) is 11.1 Å². The molecule has 6 heteroatoms. The Morgan fingerprint density at radius 2 is 2.21 bits per heavy atom. The zero-order chi connectivity index (χ0) is 10.7. The van der Waals surface area contributed by atoms with Gasteiger partial charge in [0.25, 0.3) is 6.43 Å². The summed E-state index contributed by atoms with van der Waals surface area (Å²) in [6.07, 6.45) is -2.52. The number of pyridine rings is 1. The molecular weight excluding hydrogens is 235 g/mol. The average molecular weight is 240 g/mol. The first kappa shape index (κ1) is 11.3. The maximum absolute atomic E-state index is 12.4. The third-order valence-electron chi connectivity index (χ3n) is 1.60. The summed E-state index contributed by atoms with van der Waals surface area (Å²) in [6.45, 7) is 0. The summed E-state index contributed by atoms with van der Waals surface area (Å²) in [7, 11) is 0. The summed E-state index contributed by atoms with van der Waals surface area (Å²) in [5.74, 6) is -0.0231. The number of halogens is 4. The average Bonchev–Trinajstić information content (AvgIpc) is 2.16. The molecule has 0 bridgehead atoms. The number of carbonyl (C=O) groups is 1. The fourth-order valence-corrected chi connectivity index (χ4v) is 1.41. The molecule has 0 N–H and O–H groups in total. The highest BCUT2D eigenvalue weighted by atomic mass is 35.5. The molecule has 0 aliphatic rings. The minimum absolute atomic E-state index is 0.0218. The Kier molecular flexibility index (Phi) is 3.77. The number of aromatic nitrogens is 1. The van der Waals surface area contributed by atoms with E-state index < -0.39 is 12.0 Å². The molecule has 76 valence electrons. The lowest BCUT2D eigenvalue weighted by Gasteiger charge is -2.06. The fraction of sp³-hybridized carbons (Fsp3) is 0.250. The predicted molar refractivity (Wildman–Crippen MR) is 49.1 cm³/mol. The van der Waals surface area contributed by atoms with E-state index >= 15 is 0 Å². The number of alkyl halides is 3. The van der Waals surface area contributed by atoms with Crippen LogP contribution in [0, 0.1) is 0 Å². The third kappa shape index (κ3) is 2.19. The lowest BCUT2D eigenvalue weighted by Crippen LogP contribution is -2.00.